The molecule has 2 aromatic carbocycles. The zero-order valence-electron chi connectivity index (χ0n) is 17.9. The Kier molecular flexibility index (Phi) is 5.63. The highest BCUT2D eigenvalue weighted by Crippen LogP contribution is 2.50. The Balaban J connectivity index is 1.98. The monoisotopic (exact) mass is 472 g/mol. The number of hydrogen-bond acceptors (Lipinski definition) is 4. The molecule has 4 rings (SSSR count). The molecule has 8 heteroatoms. The summed E-state index contributed by atoms with van der Waals surface area (Å²) in [5.74, 6) is -0.866. The third-order valence-corrected chi connectivity index (χ3v) is 6.79. The largest absolute Gasteiger partial charge is 0.294 e. The van der Waals surface area contributed by atoms with E-state index in [1.165, 1.54) is 17.0 Å². The van der Waals surface area contributed by atoms with E-state index in [9.17, 15) is 19.7 Å². The van der Waals surface area contributed by atoms with Gasteiger partial charge in [-0.05, 0) is 42.0 Å². The molecular weight excluding hydrogens is 451 g/mol. The van der Waals surface area contributed by atoms with E-state index < -0.39 is 10.8 Å². The highest BCUT2D eigenvalue weighted by atomic mass is 35.5. The molecule has 1 atom stereocenters. The van der Waals surface area contributed by atoms with Gasteiger partial charge < -0.3 is 0 Å². The molecule has 0 N–H and O–H groups in total. The highest BCUT2D eigenvalue weighted by Gasteiger charge is 2.45. The molecule has 0 radical (unpaired) electrons. The van der Waals surface area contributed by atoms with Gasteiger partial charge in [0.15, 0.2) is 5.78 Å². The standard InChI is InChI=1S/C24H22Cl2N2O4/c1-13-7-8-14(28(31)32)9-18(13)27-19-11-24(2,3)12-20(29)23(19)15(10-21(27)30)22-16(25)5-4-6-17(22)26/h4-9,15H,10-12H2,1-3H3. The lowest BCUT2D eigenvalue weighted by molar-refractivity contribution is -0.384. The van der Waals surface area contributed by atoms with Gasteiger partial charge >= 0.3 is 0 Å². The van der Waals surface area contributed by atoms with E-state index >= 15 is 0 Å². The third kappa shape index (κ3) is 3.82. The van der Waals surface area contributed by atoms with E-state index in [0.717, 1.165) is 0 Å². The summed E-state index contributed by atoms with van der Waals surface area (Å²) in [5, 5.41) is 12.2. The maximum Gasteiger partial charge on any atom is 0.271 e. The van der Waals surface area contributed by atoms with Crippen LogP contribution in [0.4, 0.5) is 11.4 Å². The first-order valence-electron chi connectivity index (χ1n) is 10.3. The lowest BCUT2D eigenvalue weighted by Gasteiger charge is -2.43. The quantitative estimate of drug-likeness (QED) is 0.383. The summed E-state index contributed by atoms with van der Waals surface area (Å²) in [6.45, 7) is 5.74. The van der Waals surface area contributed by atoms with E-state index in [2.05, 4.69) is 0 Å². The number of amides is 1. The van der Waals surface area contributed by atoms with Gasteiger partial charge in [-0.25, -0.2) is 0 Å². The average Bonchev–Trinajstić information content (AvgIpc) is 2.67. The van der Waals surface area contributed by atoms with Crippen LogP contribution in [0.1, 0.15) is 50.2 Å². The normalized spacial score (nSPS) is 20.4. The first-order valence-corrected chi connectivity index (χ1v) is 11.0. The van der Waals surface area contributed by atoms with Crippen LogP contribution in [0.2, 0.25) is 10.0 Å². The van der Waals surface area contributed by atoms with Crippen LogP contribution in [0, 0.1) is 22.5 Å². The Morgan fingerprint density at radius 2 is 1.75 bits per heavy atom. The van der Waals surface area contributed by atoms with E-state index in [0.29, 0.717) is 51.0 Å². The van der Waals surface area contributed by atoms with E-state index in [1.807, 2.05) is 13.8 Å². The number of aryl methyl sites for hydroxylation is 1. The predicted molar refractivity (Wildman–Crippen MR) is 124 cm³/mol. The van der Waals surface area contributed by atoms with Crippen LogP contribution < -0.4 is 4.90 Å². The van der Waals surface area contributed by atoms with E-state index in [1.54, 1.807) is 31.2 Å². The molecule has 6 nitrogen and oxygen atoms in total. The maximum atomic E-state index is 13.5. The number of hydrogen-bond donors (Lipinski definition) is 0. The van der Waals surface area contributed by atoms with Gasteiger partial charge in [-0.2, -0.15) is 0 Å². The van der Waals surface area contributed by atoms with Crippen molar-refractivity contribution in [2.75, 3.05) is 4.90 Å². The number of nitro benzene ring substituents is 1. The first kappa shape index (κ1) is 22.5. The Hall–Kier alpha value is -2.70. The van der Waals surface area contributed by atoms with Crippen LogP contribution in [0.3, 0.4) is 0 Å². The smallest absolute Gasteiger partial charge is 0.271 e. The molecule has 32 heavy (non-hydrogen) atoms. The molecule has 1 heterocycles. The van der Waals surface area contributed by atoms with Crippen molar-refractivity contribution in [2.45, 2.75) is 46.0 Å². The molecule has 1 unspecified atom stereocenters. The van der Waals surface area contributed by atoms with E-state index in [-0.39, 0.29) is 29.2 Å². The van der Waals surface area contributed by atoms with Crippen molar-refractivity contribution in [1.29, 1.82) is 0 Å². The number of anilines is 1. The topological polar surface area (TPSA) is 80.5 Å². The third-order valence-electron chi connectivity index (χ3n) is 6.14. The summed E-state index contributed by atoms with van der Waals surface area (Å²) in [5.41, 5.74) is 2.32. The molecular formula is C24H22Cl2N2O4. The summed E-state index contributed by atoms with van der Waals surface area (Å²) >= 11 is 12.9. The summed E-state index contributed by atoms with van der Waals surface area (Å²) in [6.07, 6.45) is 0.803. The number of carbonyl (C=O) groups is 2. The molecule has 1 aliphatic carbocycles. The van der Waals surface area contributed by atoms with Crippen molar-refractivity contribution in [2.24, 2.45) is 5.41 Å². The van der Waals surface area contributed by atoms with Gasteiger partial charge in [-0.3, -0.25) is 24.6 Å². The molecule has 0 spiro atoms. The highest BCUT2D eigenvalue weighted by molar-refractivity contribution is 6.36. The number of rotatable bonds is 3. The van der Waals surface area contributed by atoms with Crippen molar-refractivity contribution in [3.05, 3.63) is 79.0 Å². The number of ketones is 1. The first-order chi connectivity index (χ1) is 15.0. The Morgan fingerprint density at radius 1 is 1.09 bits per heavy atom. The molecule has 0 fully saturated rings. The minimum Gasteiger partial charge on any atom is -0.294 e. The minimum absolute atomic E-state index is 0.00339. The second kappa shape index (κ2) is 8.01. The van der Waals surface area contributed by atoms with Crippen LogP contribution in [-0.2, 0) is 9.59 Å². The Morgan fingerprint density at radius 3 is 2.38 bits per heavy atom. The van der Waals surface area contributed by atoms with Gasteiger partial charge in [0.2, 0.25) is 5.91 Å². The average molecular weight is 473 g/mol. The number of benzene rings is 2. The SMILES string of the molecule is Cc1ccc([N+](=O)[O-])cc1N1C(=O)CC(c2c(Cl)cccc2Cl)C2=C1CC(C)(C)CC2=O. The number of nitrogens with zero attached hydrogens (tertiary/aromatic N) is 2. The molecule has 1 amide bonds. The molecule has 2 aliphatic rings. The van der Waals surface area contributed by atoms with Gasteiger partial charge in [-0.1, -0.05) is 49.2 Å². The number of nitro groups is 1. The number of halogens is 2. The van der Waals surface area contributed by atoms with Crippen molar-refractivity contribution in [1.82, 2.24) is 0 Å². The minimum atomic E-state index is -0.558. The molecule has 2 aromatic rings. The van der Waals surface area contributed by atoms with Gasteiger partial charge in [0, 0.05) is 52.2 Å². The van der Waals surface area contributed by atoms with Crippen molar-refractivity contribution >= 4 is 46.3 Å². The zero-order valence-corrected chi connectivity index (χ0v) is 19.5. The molecule has 0 saturated carbocycles. The predicted octanol–water partition coefficient (Wildman–Crippen LogP) is 6.37. The lowest BCUT2D eigenvalue weighted by Crippen LogP contribution is -2.44. The van der Waals surface area contributed by atoms with Crippen LogP contribution >= 0.6 is 23.2 Å². The van der Waals surface area contributed by atoms with Crippen LogP contribution in [0.25, 0.3) is 0 Å². The lowest BCUT2D eigenvalue weighted by atomic mass is 9.69. The summed E-state index contributed by atoms with van der Waals surface area (Å²) in [6, 6.07) is 9.54. The Labute approximate surface area is 196 Å². The summed E-state index contributed by atoms with van der Waals surface area (Å²) in [7, 11) is 0. The Bertz CT molecular complexity index is 1180. The fraction of sp³-hybridized carbons (Fsp3) is 0.333. The van der Waals surface area contributed by atoms with Crippen LogP contribution in [0.15, 0.2) is 47.7 Å². The maximum absolute atomic E-state index is 13.5. The van der Waals surface area contributed by atoms with Crippen molar-refractivity contribution in [3.8, 4) is 0 Å². The van der Waals surface area contributed by atoms with Crippen molar-refractivity contribution < 1.29 is 14.5 Å². The fourth-order valence-corrected chi connectivity index (χ4v) is 5.40. The summed E-state index contributed by atoms with van der Waals surface area (Å²) < 4.78 is 0. The second-order valence-electron chi connectivity index (χ2n) is 9.15. The fourth-order valence-electron chi connectivity index (χ4n) is 4.74. The zero-order chi connectivity index (χ0) is 23.4. The summed E-state index contributed by atoms with van der Waals surface area (Å²) in [4.78, 5) is 39.3. The van der Waals surface area contributed by atoms with Crippen LogP contribution in [-0.4, -0.2) is 16.6 Å². The molecule has 0 aromatic heterocycles. The van der Waals surface area contributed by atoms with Gasteiger partial charge in [0.25, 0.3) is 5.69 Å². The molecule has 0 bridgehead atoms. The van der Waals surface area contributed by atoms with Crippen molar-refractivity contribution in [3.63, 3.8) is 0 Å². The number of non-ortho nitro benzene ring substituents is 1. The number of carbonyl (C=O) groups excluding carboxylic acids is 2. The second-order valence-corrected chi connectivity index (χ2v) is 9.96. The molecule has 166 valence electrons. The van der Waals surface area contributed by atoms with E-state index in [4.69, 9.17) is 23.2 Å². The number of allylic oxidation sites excluding steroid dienone is 2. The number of Topliss-reactive ketones (excluding diaryl/α,β-unsaturated/α-hetero) is 1. The van der Waals surface area contributed by atoms with Gasteiger partial charge in [0.1, 0.15) is 0 Å². The van der Waals surface area contributed by atoms with Crippen LogP contribution in [0.5, 0.6) is 0 Å². The molecule has 0 saturated heterocycles. The van der Waals surface area contributed by atoms with Gasteiger partial charge in [0.05, 0.1) is 10.6 Å². The molecule has 1 aliphatic heterocycles. The van der Waals surface area contributed by atoms with Gasteiger partial charge in [-0.15, -0.1) is 0 Å².